The van der Waals surface area contributed by atoms with Crippen molar-refractivity contribution in [3.05, 3.63) is 51.9 Å². The Morgan fingerprint density at radius 2 is 1.63 bits per heavy atom. The van der Waals surface area contributed by atoms with Crippen LogP contribution in [0.3, 0.4) is 0 Å². The fourth-order valence-electron chi connectivity index (χ4n) is 1.55. The van der Waals surface area contributed by atoms with Crippen LogP contribution in [0.4, 0.5) is 17.6 Å². The summed E-state index contributed by atoms with van der Waals surface area (Å²) in [6.45, 7) is 0. The minimum atomic E-state index is -4.74. The number of rotatable bonds is 2. The third-order valence-electron chi connectivity index (χ3n) is 2.32. The zero-order chi connectivity index (χ0) is 14.0. The Labute approximate surface area is 120 Å². The molecular formula is C13H7F4IO. The zero-order valence-corrected chi connectivity index (χ0v) is 11.5. The Balaban J connectivity index is 2.35. The zero-order valence-electron chi connectivity index (χ0n) is 9.34. The van der Waals surface area contributed by atoms with Crippen molar-refractivity contribution in [3.63, 3.8) is 0 Å². The Morgan fingerprint density at radius 1 is 0.947 bits per heavy atom. The average Bonchev–Trinajstić information content (AvgIpc) is 2.31. The molecule has 0 unspecified atom stereocenters. The molecule has 0 fully saturated rings. The summed E-state index contributed by atoms with van der Waals surface area (Å²) in [5, 5.41) is 0. The van der Waals surface area contributed by atoms with Gasteiger partial charge >= 0.3 is 6.36 Å². The monoisotopic (exact) mass is 382 g/mol. The lowest BCUT2D eigenvalue weighted by Gasteiger charge is -2.10. The first-order valence-corrected chi connectivity index (χ1v) is 6.24. The van der Waals surface area contributed by atoms with Gasteiger partial charge in [-0.3, -0.25) is 0 Å². The molecule has 0 aliphatic carbocycles. The number of hydrogen-bond donors (Lipinski definition) is 0. The van der Waals surface area contributed by atoms with Crippen LogP contribution in [0.25, 0.3) is 11.1 Å². The SMILES string of the molecule is Fc1cc(-c2cccc(OC(F)(F)F)c2)ccc1I. The highest BCUT2D eigenvalue weighted by atomic mass is 127. The van der Waals surface area contributed by atoms with E-state index in [1.807, 2.05) is 22.6 Å². The second-order valence-electron chi connectivity index (χ2n) is 3.70. The van der Waals surface area contributed by atoms with Crippen LogP contribution in [-0.2, 0) is 0 Å². The van der Waals surface area contributed by atoms with Crippen LogP contribution in [0.1, 0.15) is 0 Å². The van der Waals surface area contributed by atoms with Crippen LogP contribution < -0.4 is 4.74 Å². The molecule has 6 heteroatoms. The fourth-order valence-corrected chi connectivity index (χ4v) is 1.88. The first-order valence-electron chi connectivity index (χ1n) is 5.16. The topological polar surface area (TPSA) is 9.23 Å². The van der Waals surface area contributed by atoms with Gasteiger partial charge in [0.1, 0.15) is 11.6 Å². The molecule has 0 spiro atoms. The van der Waals surface area contributed by atoms with Gasteiger partial charge in [0.15, 0.2) is 0 Å². The normalized spacial score (nSPS) is 11.4. The van der Waals surface area contributed by atoms with Gasteiger partial charge in [-0.1, -0.05) is 18.2 Å². The van der Waals surface area contributed by atoms with Crippen molar-refractivity contribution in [2.45, 2.75) is 6.36 Å². The molecule has 0 atom stereocenters. The summed E-state index contributed by atoms with van der Waals surface area (Å²) in [5.74, 6) is -0.746. The van der Waals surface area contributed by atoms with Gasteiger partial charge in [0.05, 0.1) is 0 Å². The van der Waals surface area contributed by atoms with Gasteiger partial charge in [-0.2, -0.15) is 0 Å². The molecule has 19 heavy (non-hydrogen) atoms. The molecule has 0 amide bonds. The van der Waals surface area contributed by atoms with E-state index in [0.29, 0.717) is 14.7 Å². The van der Waals surface area contributed by atoms with E-state index in [0.717, 1.165) is 0 Å². The molecule has 0 bridgehead atoms. The summed E-state index contributed by atoms with van der Waals surface area (Å²) in [6, 6.07) is 9.89. The molecule has 0 radical (unpaired) electrons. The highest BCUT2D eigenvalue weighted by Gasteiger charge is 2.31. The van der Waals surface area contributed by atoms with Crippen LogP contribution in [0.15, 0.2) is 42.5 Å². The molecule has 0 heterocycles. The van der Waals surface area contributed by atoms with Crippen molar-refractivity contribution < 1.29 is 22.3 Å². The van der Waals surface area contributed by atoms with Crippen LogP contribution in [0, 0.1) is 9.39 Å². The summed E-state index contributed by atoms with van der Waals surface area (Å²) in [4.78, 5) is 0. The van der Waals surface area contributed by atoms with Gasteiger partial charge in [0.2, 0.25) is 0 Å². The van der Waals surface area contributed by atoms with Crippen LogP contribution in [0.2, 0.25) is 0 Å². The van der Waals surface area contributed by atoms with Crippen molar-refractivity contribution in [2.24, 2.45) is 0 Å². The molecule has 2 aromatic rings. The third kappa shape index (κ3) is 3.82. The van der Waals surface area contributed by atoms with Gasteiger partial charge in [0, 0.05) is 3.57 Å². The molecular weight excluding hydrogens is 375 g/mol. The predicted octanol–water partition coefficient (Wildman–Crippen LogP) is 5.00. The lowest BCUT2D eigenvalue weighted by Crippen LogP contribution is -2.17. The lowest BCUT2D eigenvalue weighted by molar-refractivity contribution is -0.274. The van der Waals surface area contributed by atoms with Gasteiger partial charge in [-0.15, -0.1) is 13.2 Å². The number of halogens is 5. The van der Waals surface area contributed by atoms with E-state index in [9.17, 15) is 17.6 Å². The second kappa shape index (κ2) is 5.36. The maximum atomic E-state index is 13.4. The van der Waals surface area contributed by atoms with Crippen LogP contribution in [-0.4, -0.2) is 6.36 Å². The highest BCUT2D eigenvalue weighted by molar-refractivity contribution is 14.1. The molecule has 0 saturated carbocycles. The highest BCUT2D eigenvalue weighted by Crippen LogP contribution is 2.29. The van der Waals surface area contributed by atoms with Crippen molar-refractivity contribution >= 4 is 22.6 Å². The van der Waals surface area contributed by atoms with E-state index in [-0.39, 0.29) is 5.75 Å². The largest absolute Gasteiger partial charge is 0.573 e. The summed E-state index contributed by atoms with van der Waals surface area (Å²) >= 11 is 1.84. The second-order valence-corrected chi connectivity index (χ2v) is 4.87. The molecule has 0 aliphatic heterocycles. The maximum absolute atomic E-state index is 13.4. The van der Waals surface area contributed by atoms with E-state index in [1.54, 1.807) is 18.2 Å². The van der Waals surface area contributed by atoms with Crippen molar-refractivity contribution in [2.75, 3.05) is 0 Å². The maximum Gasteiger partial charge on any atom is 0.573 e. The smallest absolute Gasteiger partial charge is 0.406 e. The summed E-state index contributed by atoms with van der Waals surface area (Å²) < 4.78 is 54.0. The number of alkyl halides is 3. The van der Waals surface area contributed by atoms with Gasteiger partial charge in [-0.25, -0.2) is 4.39 Å². The molecule has 100 valence electrons. The van der Waals surface area contributed by atoms with E-state index in [2.05, 4.69) is 4.74 Å². The summed E-state index contributed by atoms with van der Waals surface area (Å²) in [5.41, 5.74) is 0.947. The average molecular weight is 382 g/mol. The standard InChI is InChI=1S/C13H7F4IO/c14-11-7-9(4-5-12(11)18)8-2-1-3-10(6-8)19-13(15,16)17/h1-7H. The quantitative estimate of drug-likeness (QED) is 0.525. The molecule has 1 nitrogen and oxygen atoms in total. The van der Waals surface area contributed by atoms with Crippen LogP contribution in [0.5, 0.6) is 5.75 Å². The fraction of sp³-hybridized carbons (Fsp3) is 0.0769. The Hall–Kier alpha value is -1.31. The van der Waals surface area contributed by atoms with Gasteiger partial charge in [0.25, 0.3) is 0 Å². The Kier molecular flexibility index (Phi) is 3.98. The lowest BCUT2D eigenvalue weighted by atomic mass is 10.1. The van der Waals surface area contributed by atoms with Gasteiger partial charge in [-0.05, 0) is 58.0 Å². The van der Waals surface area contributed by atoms with E-state index >= 15 is 0 Å². The van der Waals surface area contributed by atoms with Crippen molar-refractivity contribution in [3.8, 4) is 16.9 Å². The van der Waals surface area contributed by atoms with Crippen molar-refractivity contribution in [1.29, 1.82) is 0 Å². The molecule has 2 rings (SSSR count). The Bertz CT molecular complexity index is 595. The minimum absolute atomic E-state index is 0.330. The first-order chi connectivity index (χ1) is 8.85. The predicted molar refractivity (Wildman–Crippen MR) is 71.2 cm³/mol. The number of benzene rings is 2. The first kappa shape index (κ1) is 14.1. The minimum Gasteiger partial charge on any atom is -0.406 e. The molecule has 2 aromatic carbocycles. The third-order valence-corrected chi connectivity index (χ3v) is 3.20. The van der Waals surface area contributed by atoms with Crippen LogP contribution >= 0.6 is 22.6 Å². The molecule has 0 aliphatic rings. The summed E-state index contributed by atoms with van der Waals surface area (Å²) in [6.07, 6.45) is -4.74. The summed E-state index contributed by atoms with van der Waals surface area (Å²) in [7, 11) is 0. The molecule has 0 saturated heterocycles. The van der Waals surface area contributed by atoms with E-state index < -0.39 is 12.2 Å². The molecule has 0 aromatic heterocycles. The van der Waals surface area contributed by atoms with E-state index in [1.165, 1.54) is 24.3 Å². The van der Waals surface area contributed by atoms with E-state index in [4.69, 9.17) is 0 Å². The van der Waals surface area contributed by atoms with Gasteiger partial charge < -0.3 is 4.74 Å². The Morgan fingerprint density at radius 3 is 2.26 bits per heavy atom. The van der Waals surface area contributed by atoms with Crippen molar-refractivity contribution in [1.82, 2.24) is 0 Å². The number of ether oxygens (including phenoxy) is 1. The molecule has 0 N–H and O–H groups in total. The number of hydrogen-bond acceptors (Lipinski definition) is 1.